The number of rotatable bonds is 2. The van der Waals surface area contributed by atoms with Crippen molar-refractivity contribution < 1.29 is 4.57 Å². The number of para-hydroxylation sites is 2. The molecular formula is C32H29N2+. The van der Waals surface area contributed by atoms with E-state index in [1.165, 1.54) is 71.8 Å². The maximum atomic E-state index is 2.43. The van der Waals surface area contributed by atoms with Crippen molar-refractivity contribution >= 4 is 32.6 Å². The molecule has 6 aromatic rings. The molecule has 0 unspecified atom stereocenters. The van der Waals surface area contributed by atoms with Crippen molar-refractivity contribution in [1.29, 1.82) is 0 Å². The first-order chi connectivity index (χ1) is 16.5. The first-order valence-electron chi connectivity index (χ1n) is 11.9. The van der Waals surface area contributed by atoms with E-state index < -0.39 is 0 Å². The second-order valence-corrected chi connectivity index (χ2v) is 9.50. The molecule has 2 heterocycles. The average Bonchev–Trinajstić information content (AvgIpc) is 3.19. The third kappa shape index (κ3) is 2.85. The Hall–Kier alpha value is -3.91. The van der Waals surface area contributed by atoms with E-state index in [1.54, 1.807) is 0 Å². The van der Waals surface area contributed by atoms with E-state index in [4.69, 9.17) is 0 Å². The zero-order valence-electron chi connectivity index (χ0n) is 20.5. The van der Waals surface area contributed by atoms with E-state index in [1.807, 2.05) is 0 Å². The van der Waals surface area contributed by atoms with E-state index in [2.05, 4.69) is 129 Å². The summed E-state index contributed by atoms with van der Waals surface area (Å²) in [5, 5.41) is 5.11. The summed E-state index contributed by atoms with van der Waals surface area (Å²) in [4.78, 5) is 0. The molecule has 166 valence electrons. The van der Waals surface area contributed by atoms with Crippen LogP contribution >= 0.6 is 0 Å². The molecule has 0 fully saturated rings. The zero-order chi connectivity index (χ0) is 23.6. The highest BCUT2D eigenvalue weighted by Gasteiger charge is 2.22. The van der Waals surface area contributed by atoms with Crippen LogP contribution in [0.25, 0.3) is 49.5 Å². The van der Waals surface area contributed by atoms with E-state index in [-0.39, 0.29) is 0 Å². The van der Waals surface area contributed by atoms with Crippen molar-refractivity contribution in [1.82, 2.24) is 4.57 Å². The maximum absolute atomic E-state index is 2.43. The minimum Gasteiger partial charge on any atom is -0.309 e. The fourth-order valence-electron chi connectivity index (χ4n) is 5.56. The highest BCUT2D eigenvalue weighted by Crippen LogP contribution is 2.37. The fraction of sp³-hybridized carbons (Fsp3) is 0.156. The SMILES string of the molecule is Cc1cc(-c2c3cccc(-n4c5ccccc5c5ccccc54)c3cc[n+]2C)c(C)c(C)c1C. The van der Waals surface area contributed by atoms with Crippen LogP contribution in [0.15, 0.2) is 85.1 Å². The van der Waals surface area contributed by atoms with E-state index >= 15 is 0 Å². The third-order valence-electron chi connectivity index (χ3n) is 7.71. The van der Waals surface area contributed by atoms with Gasteiger partial charge < -0.3 is 4.57 Å². The van der Waals surface area contributed by atoms with Gasteiger partial charge in [-0.3, -0.25) is 0 Å². The number of aromatic nitrogens is 2. The van der Waals surface area contributed by atoms with Crippen molar-refractivity contribution in [3.8, 4) is 16.9 Å². The third-order valence-corrected chi connectivity index (χ3v) is 7.71. The fourth-order valence-corrected chi connectivity index (χ4v) is 5.56. The van der Waals surface area contributed by atoms with Crippen LogP contribution < -0.4 is 4.57 Å². The Kier molecular flexibility index (Phi) is 4.60. The van der Waals surface area contributed by atoms with Crippen LogP contribution in [0.1, 0.15) is 22.3 Å². The van der Waals surface area contributed by atoms with Gasteiger partial charge in [0.1, 0.15) is 7.05 Å². The monoisotopic (exact) mass is 441 g/mol. The number of fused-ring (bicyclic) bond motifs is 4. The number of nitrogens with zero attached hydrogens (tertiary/aromatic N) is 2. The second kappa shape index (κ2) is 7.56. The highest BCUT2D eigenvalue weighted by atomic mass is 15.0. The number of aryl methyl sites for hydroxylation is 2. The van der Waals surface area contributed by atoms with Crippen LogP contribution in [-0.2, 0) is 7.05 Å². The van der Waals surface area contributed by atoms with E-state index in [0.29, 0.717) is 0 Å². The molecule has 0 saturated carbocycles. The van der Waals surface area contributed by atoms with E-state index in [0.717, 1.165) is 0 Å². The molecule has 2 aromatic heterocycles. The molecular weight excluding hydrogens is 412 g/mol. The van der Waals surface area contributed by atoms with Gasteiger partial charge in [0.25, 0.3) is 0 Å². The molecule has 0 amide bonds. The molecule has 0 aliphatic rings. The van der Waals surface area contributed by atoms with Gasteiger partial charge in [-0.15, -0.1) is 0 Å². The molecule has 34 heavy (non-hydrogen) atoms. The lowest BCUT2D eigenvalue weighted by Gasteiger charge is -2.16. The summed E-state index contributed by atoms with van der Waals surface area (Å²) in [6.45, 7) is 8.95. The van der Waals surface area contributed by atoms with Crippen molar-refractivity contribution in [2.45, 2.75) is 27.7 Å². The molecule has 2 heteroatoms. The van der Waals surface area contributed by atoms with Crippen LogP contribution in [0.4, 0.5) is 0 Å². The normalized spacial score (nSPS) is 11.7. The second-order valence-electron chi connectivity index (χ2n) is 9.50. The summed E-state index contributed by atoms with van der Waals surface area (Å²) >= 11 is 0. The van der Waals surface area contributed by atoms with Crippen LogP contribution in [-0.4, -0.2) is 4.57 Å². The summed E-state index contributed by atoms with van der Waals surface area (Å²) in [5.74, 6) is 0. The van der Waals surface area contributed by atoms with Gasteiger partial charge in [-0.2, -0.15) is 0 Å². The van der Waals surface area contributed by atoms with Crippen LogP contribution in [0.5, 0.6) is 0 Å². The van der Waals surface area contributed by atoms with Gasteiger partial charge in [-0.05, 0) is 80.3 Å². The van der Waals surface area contributed by atoms with Crippen molar-refractivity contribution in [2.75, 3.05) is 0 Å². The average molecular weight is 442 g/mol. The Morgan fingerprint density at radius 1 is 0.588 bits per heavy atom. The molecule has 0 atom stereocenters. The molecule has 2 nitrogen and oxygen atoms in total. The smallest absolute Gasteiger partial charge is 0.220 e. The Bertz CT molecular complexity index is 1700. The van der Waals surface area contributed by atoms with Gasteiger partial charge in [0, 0.05) is 22.2 Å². The van der Waals surface area contributed by atoms with Gasteiger partial charge in [0.15, 0.2) is 6.20 Å². The highest BCUT2D eigenvalue weighted by molar-refractivity contribution is 6.11. The molecule has 0 aliphatic heterocycles. The lowest BCUT2D eigenvalue weighted by atomic mass is 9.91. The predicted octanol–water partition coefficient (Wildman–Crippen LogP) is 7.66. The molecule has 0 radical (unpaired) electrons. The molecule has 0 bridgehead atoms. The Morgan fingerprint density at radius 3 is 1.88 bits per heavy atom. The summed E-state index contributed by atoms with van der Waals surface area (Å²) in [6.07, 6.45) is 2.21. The number of benzene rings is 4. The standard InChI is InChI=1S/C32H29N2/c1-20-19-28(23(4)22(3)21(20)2)32-27-13-10-16-31(26(27)17-18-33(32)5)34-29-14-8-6-11-24(29)25-12-7-9-15-30(25)34/h6-19H,1-5H3/q+1. The van der Waals surface area contributed by atoms with Crippen LogP contribution in [0, 0.1) is 27.7 Å². The lowest BCUT2D eigenvalue weighted by Crippen LogP contribution is -2.31. The van der Waals surface area contributed by atoms with Crippen molar-refractivity contribution in [3.05, 3.63) is 107 Å². The van der Waals surface area contributed by atoms with Crippen molar-refractivity contribution in [3.63, 3.8) is 0 Å². The molecule has 4 aromatic carbocycles. The Labute approximate surface area is 200 Å². The largest absolute Gasteiger partial charge is 0.309 e. The Morgan fingerprint density at radius 2 is 1.21 bits per heavy atom. The summed E-state index contributed by atoms with van der Waals surface area (Å²) in [7, 11) is 2.16. The topological polar surface area (TPSA) is 8.81 Å². The summed E-state index contributed by atoms with van der Waals surface area (Å²) < 4.78 is 4.70. The summed E-state index contributed by atoms with van der Waals surface area (Å²) in [5.41, 5.74) is 11.7. The molecule has 0 saturated heterocycles. The zero-order valence-corrected chi connectivity index (χ0v) is 20.5. The quantitative estimate of drug-likeness (QED) is 0.244. The lowest BCUT2D eigenvalue weighted by molar-refractivity contribution is -0.659. The van der Waals surface area contributed by atoms with Crippen molar-refractivity contribution in [2.24, 2.45) is 7.05 Å². The summed E-state index contributed by atoms with van der Waals surface area (Å²) in [6, 6.07) is 28.8. The molecule has 0 spiro atoms. The predicted molar refractivity (Wildman–Crippen MR) is 144 cm³/mol. The molecule has 6 rings (SSSR count). The van der Waals surface area contributed by atoms with Gasteiger partial charge in [-0.1, -0.05) is 42.5 Å². The minimum absolute atomic E-state index is 1.22. The first-order valence-corrected chi connectivity index (χ1v) is 11.9. The maximum Gasteiger partial charge on any atom is 0.220 e. The van der Waals surface area contributed by atoms with Gasteiger partial charge in [-0.25, -0.2) is 4.57 Å². The number of pyridine rings is 1. The first kappa shape index (κ1) is 20.7. The number of hydrogen-bond acceptors (Lipinski definition) is 0. The van der Waals surface area contributed by atoms with Gasteiger partial charge >= 0.3 is 0 Å². The van der Waals surface area contributed by atoms with Crippen LogP contribution in [0.3, 0.4) is 0 Å². The van der Waals surface area contributed by atoms with E-state index in [9.17, 15) is 0 Å². The minimum atomic E-state index is 1.22. The molecule has 0 aliphatic carbocycles. The Balaban J connectivity index is 1.74. The molecule has 0 N–H and O–H groups in total. The number of hydrogen-bond donors (Lipinski definition) is 0. The van der Waals surface area contributed by atoms with Gasteiger partial charge in [0.2, 0.25) is 5.69 Å². The van der Waals surface area contributed by atoms with Crippen LogP contribution in [0.2, 0.25) is 0 Å². The van der Waals surface area contributed by atoms with Gasteiger partial charge in [0.05, 0.1) is 27.7 Å².